The molecule has 3 nitrogen and oxygen atoms in total. The van der Waals surface area contributed by atoms with Crippen molar-refractivity contribution in [2.75, 3.05) is 12.4 Å². The molecule has 0 amide bonds. The number of rotatable bonds is 29. The first-order valence-corrected chi connectivity index (χ1v) is 21.2. The average molecular weight is 669 g/mol. The predicted octanol–water partition coefficient (Wildman–Crippen LogP) is 13.1. The topological polar surface area (TPSA) is 43.4 Å². The Morgan fingerprint density at radius 3 is 1.45 bits per heavy atom. The molecule has 0 saturated heterocycles. The molecule has 0 aliphatic rings. The second kappa shape index (κ2) is 24.5. The van der Waals surface area contributed by atoms with Crippen molar-refractivity contribution in [3.8, 4) is 0 Å². The van der Waals surface area contributed by atoms with Gasteiger partial charge in [0.25, 0.3) is 10.1 Å². The third-order valence-electron chi connectivity index (χ3n) is 10.3. The summed E-state index contributed by atoms with van der Waals surface area (Å²) >= 11 is 0. The van der Waals surface area contributed by atoms with Crippen molar-refractivity contribution in [2.24, 2.45) is 17.8 Å². The van der Waals surface area contributed by atoms with Crippen LogP contribution >= 0.6 is 0 Å². The Labute approximate surface area is 292 Å². The third-order valence-corrected chi connectivity index (χ3v) is 11.6. The molecule has 2 aromatic rings. The van der Waals surface area contributed by atoms with Gasteiger partial charge in [0.05, 0.1) is 12.4 Å². The van der Waals surface area contributed by atoms with E-state index in [-0.39, 0.29) is 12.4 Å². The molecule has 4 heteroatoms. The fourth-order valence-corrected chi connectivity index (χ4v) is 8.10. The molecule has 2 atom stereocenters. The lowest BCUT2D eigenvalue weighted by molar-refractivity contribution is 0.226. The standard InChI is InChI=1S/C43H72O3S/c1-6-7-8-9-10-11-12-13-14-15-16-23-36-47(44,45)46-37-43(41-30-19-17-20-31-41,42-32-21-18-22-33-42)35-34-40(5)29-25-28-39(4)27-24-26-38(2)3/h17-22,30-33,38-40H,6-16,23-29,34-37H2,1-5H3. The molecule has 47 heavy (non-hydrogen) atoms. The summed E-state index contributed by atoms with van der Waals surface area (Å²) in [5.74, 6) is 2.26. The summed E-state index contributed by atoms with van der Waals surface area (Å²) in [6.45, 7) is 11.8. The van der Waals surface area contributed by atoms with Crippen LogP contribution in [0, 0.1) is 17.8 Å². The minimum Gasteiger partial charge on any atom is -0.269 e. The maximum Gasteiger partial charge on any atom is 0.267 e. The van der Waals surface area contributed by atoms with Crippen molar-refractivity contribution in [1.29, 1.82) is 0 Å². The first-order chi connectivity index (χ1) is 22.7. The molecule has 2 rings (SSSR count). The van der Waals surface area contributed by atoms with Crippen LogP contribution in [0.25, 0.3) is 0 Å². The van der Waals surface area contributed by atoms with Gasteiger partial charge in [0, 0.05) is 5.41 Å². The van der Waals surface area contributed by atoms with Gasteiger partial charge < -0.3 is 0 Å². The smallest absolute Gasteiger partial charge is 0.267 e. The Morgan fingerprint density at radius 1 is 0.553 bits per heavy atom. The molecule has 268 valence electrons. The number of benzene rings is 2. The van der Waals surface area contributed by atoms with Crippen LogP contribution in [0.3, 0.4) is 0 Å². The lowest BCUT2D eigenvalue weighted by Gasteiger charge is -2.36. The Balaban J connectivity index is 1.93. The van der Waals surface area contributed by atoms with E-state index in [0.717, 1.165) is 48.6 Å². The third kappa shape index (κ3) is 18.1. The molecule has 0 radical (unpaired) electrons. The maximum atomic E-state index is 13.3. The van der Waals surface area contributed by atoms with Gasteiger partial charge in [-0.05, 0) is 48.1 Å². The summed E-state index contributed by atoms with van der Waals surface area (Å²) in [5.41, 5.74) is 1.76. The van der Waals surface area contributed by atoms with Gasteiger partial charge in [0.2, 0.25) is 0 Å². The molecule has 0 aliphatic carbocycles. The van der Waals surface area contributed by atoms with E-state index in [1.807, 2.05) is 12.1 Å². The van der Waals surface area contributed by atoms with E-state index in [0.29, 0.717) is 12.3 Å². The maximum absolute atomic E-state index is 13.3. The molecule has 2 aromatic carbocycles. The van der Waals surface area contributed by atoms with E-state index in [4.69, 9.17) is 4.18 Å². The SMILES string of the molecule is CCCCCCCCCCCCCCS(=O)(=O)OCC(CCC(C)CCCC(C)CCCC(C)C)(c1ccccc1)c1ccccc1. The number of unbranched alkanes of at least 4 members (excludes halogenated alkanes) is 11. The van der Waals surface area contributed by atoms with Crippen molar-refractivity contribution in [1.82, 2.24) is 0 Å². The second-order valence-corrected chi connectivity index (χ2v) is 17.0. The minimum absolute atomic E-state index is 0.107. The molecule has 0 aromatic heterocycles. The highest BCUT2D eigenvalue weighted by Crippen LogP contribution is 2.39. The van der Waals surface area contributed by atoms with Gasteiger partial charge in [-0.25, -0.2) is 0 Å². The molecule has 0 spiro atoms. The van der Waals surface area contributed by atoms with Gasteiger partial charge in [0.15, 0.2) is 0 Å². The molecular formula is C43H72O3S. The van der Waals surface area contributed by atoms with Gasteiger partial charge in [-0.3, -0.25) is 4.18 Å². The monoisotopic (exact) mass is 669 g/mol. The van der Waals surface area contributed by atoms with Crippen LogP contribution in [0.2, 0.25) is 0 Å². The van der Waals surface area contributed by atoms with Crippen molar-refractivity contribution < 1.29 is 12.6 Å². The summed E-state index contributed by atoms with van der Waals surface area (Å²) < 4.78 is 32.5. The van der Waals surface area contributed by atoms with E-state index in [2.05, 4.69) is 83.1 Å². The van der Waals surface area contributed by atoms with E-state index >= 15 is 0 Å². The zero-order chi connectivity index (χ0) is 34.2. The second-order valence-electron chi connectivity index (χ2n) is 15.2. The van der Waals surface area contributed by atoms with Crippen LogP contribution < -0.4 is 0 Å². The van der Waals surface area contributed by atoms with Crippen LogP contribution in [0.15, 0.2) is 60.7 Å². The highest BCUT2D eigenvalue weighted by Gasteiger charge is 2.36. The normalized spacial score (nSPS) is 13.7. The summed E-state index contributed by atoms with van der Waals surface area (Å²) in [6, 6.07) is 20.9. The van der Waals surface area contributed by atoms with Gasteiger partial charge in [0.1, 0.15) is 0 Å². The molecular weight excluding hydrogens is 597 g/mol. The van der Waals surface area contributed by atoms with Gasteiger partial charge >= 0.3 is 0 Å². The van der Waals surface area contributed by atoms with Gasteiger partial charge in [-0.2, -0.15) is 8.42 Å². The van der Waals surface area contributed by atoms with Crippen molar-refractivity contribution >= 4 is 10.1 Å². The van der Waals surface area contributed by atoms with E-state index in [1.54, 1.807) is 0 Å². The Kier molecular flexibility index (Phi) is 21.6. The molecule has 2 unspecified atom stereocenters. The zero-order valence-electron chi connectivity index (χ0n) is 31.2. The van der Waals surface area contributed by atoms with E-state index in [1.165, 1.54) is 96.3 Å². The summed E-state index contributed by atoms with van der Waals surface area (Å²) in [4.78, 5) is 0. The minimum atomic E-state index is -3.62. The quantitative estimate of drug-likeness (QED) is 0.0640. The Morgan fingerprint density at radius 2 is 0.979 bits per heavy atom. The number of hydrogen-bond acceptors (Lipinski definition) is 3. The molecule has 0 saturated carbocycles. The van der Waals surface area contributed by atoms with Crippen molar-refractivity contribution in [2.45, 2.75) is 168 Å². The summed E-state index contributed by atoms with van der Waals surface area (Å²) in [5, 5.41) is 0. The zero-order valence-corrected chi connectivity index (χ0v) is 32.0. The highest BCUT2D eigenvalue weighted by atomic mass is 32.2. The molecule has 0 N–H and O–H groups in total. The van der Waals surface area contributed by atoms with Crippen LogP contribution in [-0.2, 0) is 19.7 Å². The molecule has 0 heterocycles. The van der Waals surface area contributed by atoms with E-state index in [9.17, 15) is 8.42 Å². The van der Waals surface area contributed by atoms with Crippen LogP contribution in [-0.4, -0.2) is 20.8 Å². The predicted molar refractivity (Wildman–Crippen MR) is 205 cm³/mol. The first-order valence-electron chi connectivity index (χ1n) is 19.7. The highest BCUT2D eigenvalue weighted by molar-refractivity contribution is 7.86. The largest absolute Gasteiger partial charge is 0.269 e. The van der Waals surface area contributed by atoms with Crippen molar-refractivity contribution in [3.05, 3.63) is 71.8 Å². The van der Waals surface area contributed by atoms with Crippen LogP contribution in [0.5, 0.6) is 0 Å². The first kappa shape index (κ1) is 41.5. The van der Waals surface area contributed by atoms with E-state index < -0.39 is 15.5 Å². The average Bonchev–Trinajstić information content (AvgIpc) is 3.06. The number of hydrogen-bond donors (Lipinski definition) is 0. The Hall–Kier alpha value is -1.65. The fourth-order valence-electron chi connectivity index (χ4n) is 7.05. The van der Waals surface area contributed by atoms with Gasteiger partial charge in [-0.15, -0.1) is 0 Å². The van der Waals surface area contributed by atoms with Gasteiger partial charge in [-0.1, -0.05) is 204 Å². The van der Waals surface area contributed by atoms with Crippen molar-refractivity contribution in [3.63, 3.8) is 0 Å². The lowest BCUT2D eigenvalue weighted by atomic mass is 9.70. The molecule has 0 bridgehead atoms. The fraction of sp³-hybridized carbons (Fsp3) is 0.721. The molecule has 0 fully saturated rings. The van der Waals surface area contributed by atoms with Crippen LogP contribution in [0.1, 0.15) is 174 Å². The summed E-state index contributed by atoms with van der Waals surface area (Å²) in [7, 11) is -3.62. The Bertz CT molecular complexity index is 1070. The summed E-state index contributed by atoms with van der Waals surface area (Å²) in [6.07, 6.45) is 24.3. The lowest BCUT2D eigenvalue weighted by Crippen LogP contribution is -2.35. The van der Waals surface area contributed by atoms with Crippen LogP contribution in [0.4, 0.5) is 0 Å². The molecule has 0 aliphatic heterocycles.